The summed E-state index contributed by atoms with van der Waals surface area (Å²) in [4.78, 5) is 21.7. The van der Waals surface area contributed by atoms with Crippen LogP contribution in [-0.2, 0) is 29.0 Å². The lowest BCUT2D eigenvalue weighted by Crippen LogP contribution is -2.14. The molecule has 214 valence electrons. The number of aromatic nitrogens is 3. The summed E-state index contributed by atoms with van der Waals surface area (Å²) >= 11 is 5.84. The van der Waals surface area contributed by atoms with Crippen molar-refractivity contribution in [1.29, 1.82) is 0 Å². The van der Waals surface area contributed by atoms with Gasteiger partial charge in [-0.05, 0) is 48.4 Å². The molecule has 0 spiro atoms. The molecule has 1 atom stereocenters. The molecule has 3 heterocycles. The van der Waals surface area contributed by atoms with Crippen LogP contribution in [0.15, 0.2) is 78.9 Å². The molecule has 0 bridgehead atoms. The van der Waals surface area contributed by atoms with E-state index in [1.54, 1.807) is 24.3 Å². The summed E-state index contributed by atoms with van der Waals surface area (Å²) in [6.07, 6.45) is 1.62. The third kappa shape index (κ3) is 6.15. The largest absolute Gasteiger partial charge is 0.473 e. The van der Waals surface area contributed by atoms with Crippen LogP contribution < -0.4 is 4.74 Å². The second kappa shape index (κ2) is 12.3. The lowest BCUT2D eigenvalue weighted by atomic mass is 10.1. The maximum Gasteiger partial charge on any atom is 0.337 e. The Morgan fingerprint density at radius 2 is 1.93 bits per heavy atom. The highest BCUT2D eigenvalue weighted by atomic mass is 35.5. The summed E-state index contributed by atoms with van der Waals surface area (Å²) in [6, 6.07) is 23.7. The lowest BCUT2D eigenvalue weighted by Gasteiger charge is -2.14. The van der Waals surface area contributed by atoms with E-state index in [0.717, 1.165) is 59.9 Å². The van der Waals surface area contributed by atoms with Gasteiger partial charge in [0.15, 0.2) is 0 Å². The van der Waals surface area contributed by atoms with E-state index in [0.29, 0.717) is 34.4 Å². The molecule has 0 aliphatic carbocycles. The van der Waals surface area contributed by atoms with E-state index in [9.17, 15) is 9.18 Å². The Bertz CT molecular complexity index is 1730. The molecule has 1 fully saturated rings. The molecule has 6 rings (SSSR count). The number of ether oxygens (including phenoxy) is 3. The number of hydrogen-bond donors (Lipinski definition) is 0. The fourth-order valence-corrected chi connectivity index (χ4v) is 5.32. The molecule has 9 heteroatoms. The number of halogens is 2. The van der Waals surface area contributed by atoms with Gasteiger partial charge >= 0.3 is 5.97 Å². The van der Waals surface area contributed by atoms with Crippen molar-refractivity contribution >= 4 is 28.6 Å². The number of imidazole rings is 1. The highest BCUT2D eigenvalue weighted by molar-refractivity contribution is 6.30. The standard InChI is InChI=1S/C33H29ClFN3O4/c1-40-33(39)24-10-12-29-30(16-24)38(18-22-13-14-41-19-22)31(36-29)15-21-5-7-23(8-6-21)28-3-2-4-32(37-28)42-20-25-9-11-26(34)17-27(25)35/h2-12,16-17,22H,13-15,18-20H2,1H3/t22-/m1/s1. The van der Waals surface area contributed by atoms with E-state index >= 15 is 0 Å². The minimum absolute atomic E-state index is 0.0491. The molecular formula is C33H29ClFN3O4. The summed E-state index contributed by atoms with van der Waals surface area (Å²) < 4.78 is 32.7. The SMILES string of the molecule is COC(=O)c1ccc2nc(Cc3ccc(-c4cccc(OCc5ccc(Cl)cc5F)n4)cc3)n(C[C@H]3CCOC3)c2c1. The van der Waals surface area contributed by atoms with Crippen LogP contribution in [0.25, 0.3) is 22.3 Å². The van der Waals surface area contributed by atoms with Crippen molar-refractivity contribution < 1.29 is 23.4 Å². The number of methoxy groups -OCH3 is 1. The Morgan fingerprint density at radius 1 is 1.07 bits per heavy atom. The molecule has 1 saturated heterocycles. The lowest BCUT2D eigenvalue weighted by molar-refractivity contribution is 0.0601. The Kier molecular flexibility index (Phi) is 8.17. The maximum absolute atomic E-state index is 14.1. The van der Waals surface area contributed by atoms with Gasteiger partial charge in [0.05, 0.1) is 36.0 Å². The van der Waals surface area contributed by atoms with Crippen LogP contribution >= 0.6 is 11.6 Å². The first-order valence-corrected chi connectivity index (χ1v) is 14.1. The van der Waals surface area contributed by atoms with E-state index < -0.39 is 5.82 Å². The van der Waals surface area contributed by atoms with Crippen molar-refractivity contribution in [2.24, 2.45) is 5.92 Å². The second-order valence-electron chi connectivity index (χ2n) is 10.3. The zero-order valence-electron chi connectivity index (χ0n) is 23.1. The van der Waals surface area contributed by atoms with Crippen molar-refractivity contribution in [3.8, 4) is 17.1 Å². The van der Waals surface area contributed by atoms with E-state index in [2.05, 4.69) is 21.7 Å². The zero-order chi connectivity index (χ0) is 29.1. The minimum atomic E-state index is -0.414. The minimum Gasteiger partial charge on any atom is -0.473 e. The highest BCUT2D eigenvalue weighted by Gasteiger charge is 2.21. The molecule has 1 aliphatic rings. The third-order valence-electron chi connectivity index (χ3n) is 7.44. The number of carbonyl (C=O) groups is 1. The van der Waals surface area contributed by atoms with Crippen LogP contribution in [0.3, 0.4) is 0 Å². The van der Waals surface area contributed by atoms with Gasteiger partial charge in [0.2, 0.25) is 5.88 Å². The summed E-state index contributed by atoms with van der Waals surface area (Å²) in [5.41, 5.74) is 5.44. The molecule has 0 amide bonds. The number of nitrogens with zero attached hydrogens (tertiary/aromatic N) is 3. The van der Waals surface area contributed by atoms with Gasteiger partial charge in [-0.3, -0.25) is 0 Å². The van der Waals surface area contributed by atoms with Gasteiger partial charge in [-0.15, -0.1) is 0 Å². The van der Waals surface area contributed by atoms with Crippen molar-refractivity contribution in [2.75, 3.05) is 20.3 Å². The first-order valence-electron chi connectivity index (χ1n) is 13.7. The first-order chi connectivity index (χ1) is 20.5. The molecule has 0 N–H and O–H groups in total. The van der Waals surface area contributed by atoms with Gasteiger partial charge < -0.3 is 18.8 Å². The molecule has 3 aromatic carbocycles. The van der Waals surface area contributed by atoms with Crippen molar-refractivity contribution in [1.82, 2.24) is 14.5 Å². The van der Waals surface area contributed by atoms with Crippen LogP contribution in [-0.4, -0.2) is 40.8 Å². The fraction of sp³-hybridized carbons (Fsp3) is 0.242. The Labute approximate surface area is 247 Å². The summed E-state index contributed by atoms with van der Waals surface area (Å²) in [5, 5.41) is 0.341. The van der Waals surface area contributed by atoms with Gasteiger partial charge in [0.1, 0.15) is 18.2 Å². The second-order valence-corrected chi connectivity index (χ2v) is 10.8. The molecule has 0 saturated carbocycles. The highest BCUT2D eigenvalue weighted by Crippen LogP contribution is 2.26. The quantitative estimate of drug-likeness (QED) is 0.175. The fourth-order valence-electron chi connectivity index (χ4n) is 5.16. The van der Waals surface area contributed by atoms with Crippen molar-refractivity contribution in [3.05, 3.63) is 112 Å². The molecule has 0 unspecified atom stereocenters. The van der Waals surface area contributed by atoms with Gasteiger partial charge in [0.25, 0.3) is 0 Å². The average Bonchev–Trinajstić information content (AvgIpc) is 3.64. The van der Waals surface area contributed by atoms with Crippen LogP contribution in [0.4, 0.5) is 4.39 Å². The predicted molar refractivity (Wildman–Crippen MR) is 158 cm³/mol. The van der Waals surface area contributed by atoms with E-state index in [1.165, 1.54) is 13.2 Å². The van der Waals surface area contributed by atoms with Gasteiger partial charge in [-0.1, -0.05) is 48.0 Å². The predicted octanol–water partition coefficient (Wildman–Crippen LogP) is 6.88. The Hall–Kier alpha value is -4.27. The van der Waals surface area contributed by atoms with Crippen LogP contribution in [0.2, 0.25) is 5.02 Å². The monoisotopic (exact) mass is 585 g/mol. The molecule has 1 aliphatic heterocycles. The summed E-state index contributed by atoms with van der Waals surface area (Å²) in [7, 11) is 1.39. The maximum atomic E-state index is 14.1. The normalized spacial score (nSPS) is 14.8. The number of rotatable bonds is 9. The van der Waals surface area contributed by atoms with Crippen molar-refractivity contribution in [3.63, 3.8) is 0 Å². The molecule has 2 aromatic heterocycles. The molecule has 7 nitrogen and oxygen atoms in total. The van der Waals surface area contributed by atoms with Crippen LogP contribution in [0.5, 0.6) is 5.88 Å². The van der Waals surface area contributed by atoms with E-state index in [-0.39, 0.29) is 12.6 Å². The molecule has 42 heavy (non-hydrogen) atoms. The number of esters is 1. The van der Waals surface area contributed by atoms with E-state index in [1.807, 2.05) is 36.4 Å². The summed E-state index contributed by atoms with van der Waals surface area (Å²) in [6.45, 7) is 2.30. The smallest absolute Gasteiger partial charge is 0.337 e. The average molecular weight is 586 g/mol. The van der Waals surface area contributed by atoms with Gasteiger partial charge in [0, 0.05) is 47.7 Å². The van der Waals surface area contributed by atoms with Crippen LogP contribution in [0.1, 0.15) is 33.7 Å². The number of fused-ring (bicyclic) bond motifs is 1. The molecule has 5 aromatic rings. The molecular weight excluding hydrogens is 557 g/mol. The number of benzene rings is 3. The number of carbonyl (C=O) groups excluding carboxylic acids is 1. The summed E-state index contributed by atoms with van der Waals surface area (Å²) in [5.74, 6) is 0.938. The molecule has 0 radical (unpaired) electrons. The topological polar surface area (TPSA) is 75.5 Å². The van der Waals surface area contributed by atoms with Crippen molar-refractivity contribution in [2.45, 2.75) is 26.0 Å². The number of pyridine rings is 1. The third-order valence-corrected chi connectivity index (χ3v) is 7.67. The van der Waals surface area contributed by atoms with Gasteiger partial charge in [-0.2, -0.15) is 0 Å². The van der Waals surface area contributed by atoms with E-state index in [4.69, 9.17) is 30.8 Å². The zero-order valence-corrected chi connectivity index (χ0v) is 23.8. The first kappa shape index (κ1) is 27.9. The Morgan fingerprint density at radius 3 is 2.69 bits per heavy atom. The number of hydrogen-bond acceptors (Lipinski definition) is 6. The van der Waals surface area contributed by atoms with Gasteiger partial charge in [-0.25, -0.2) is 19.2 Å². The Balaban J connectivity index is 1.21. The van der Waals surface area contributed by atoms with Crippen LogP contribution in [0, 0.1) is 11.7 Å².